The molecule has 1 unspecified atom stereocenters. The van der Waals surface area contributed by atoms with E-state index in [1.165, 1.54) is 23.1 Å². The number of nitrogens with zero attached hydrogens (tertiary/aromatic N) is 1. The predicted molar refractivity (Wildman–Crippen MR) is 111 cm³/mol. The van der Waals surface area contributed by atoms with E-state index in [0.29, 0.717) is 31.3 Å². The van der Waals surface area contributed by atoms with Crippen molar-refractivity contribution in [1.82, 2.24) is 14.6 Å². The van der Waals surface area contributed by atoms with Gasteiger partial charge in [-0.05, 0) is 37.0 Å². The van der Waals surface area contributed by atoms with Crippen molar-refractivity contribution in [3.05, 3.63) is 64.6 Å². The molecule has 1 atom stereocenters. The van der Waals surface area contributed by atoms with Crippen molar-refractivity contribution in [3.8, 4) is 0 Å². The normalized spacial score (nSPS) is 25.4. The van der Waals surface area contributed by atoms with E-state index in [1.54, 1.807) is 0 Å². The van der Waals surface area contributed by atoms with Gasteiger partial charge < -0.3 is 14.4 Å². The number of hydrogen-bond donors (Lipinski definition) is 3. The first-order valence-corrected chi connectivity index (χ1v) is 11.4. The summed E-state index contributed by atoms with van der Waals surface area (Å²) in [4.78, 5) is 26.8. The molecule has 0 bridgehead atoms. The number of nitrogens with one attached hydrogen (secondary N) is 2. The molecule has 162 valence electrons. The quantitative estimate of drug-likeness (QED) is 0.553. The lowest BCUT2D eigenvalue weighted by molar-refractivity contribution is -0.118. The van der Waals surface area contributed by atoms with E-state index in [0.717, 1.165) is 5.56 Å². The van der Waals surface area contributed by atoms with Crippen molar-refractivity contribution in [2.24, 2.45) is 5.41 Å². The van der Waals surface area contributed by atoms with E-state index >= 15 is 0 Å². The Balaban J connectivity index is 1.29. The molecule has 2 heterocycles. The first-order valence-electron chi connectivity index (χ1n) is 9.94. The summed E-state index contributed by atoms with van der Waals surface area (Å²) in [5, 5.41) is 9.50. The third-order valence-electron chi connectivity index (χ3n) is 6.42. The number of amides is 1. The van der Waals surface area contributed by atoms with E-state index in [9.17, 15) is 23.1 Å². The van der Waals surface area contributed by atoms with Crippen molar-refractivity contribution in [1.29, 1.82) is 0 Å². The summed E-state index contributed by atoms with van der Waals surface area (Å²) in [5.41, 5.74) is 1.46. The highest BCUT2D eigenvalue weighted by molar-refractivity contribution is 7.89. The lowest BCUT2D eigenvalue weighted by atomic mass is 9.55. The number of aromatic nitrogens is 1. The van der Waals surface area contributed by atoms with Crippen LogP contribution in [0.4, 0.5) is 4.79 Å². The van der Waals surface area contributed by atoms with Gasteiger partial charge in [-0.3, -0.25) is 4.98 Å². The fourth-order valence-electron chi connectivity index (χ4n) is 4.92. The van der Waals surface area contributed by atoms with E-state index < -0.39 is 21.9 Å². The number of benzene rings is 2. The van der Waals surface area contributed by atoms with E-state index in [1.807, 2.05) is 30.3 Å². The van der Waals surface area contributed by atoms with Crippen molar-refractivity contribution >= 4 is 27.2 Å². The Kier molecular flexibility index (Phi) is 4.45. The van der Waals surface area contributed by atoms with Gasteiger partial charge in [0.2, 0.25) is 10.0 Å². The number of rotatable bonds is 5. The molecule has 10 heteroatoms. The number of aromatic amines is 1. The lowest BCUT2D eigenvalue weighted by Crippen LogP contribution is -2.73. The Hall–Kier alpha value is -3.11. The largest absolute Gasteiger partial charge is 0.465 e. The number of oxazole rings is 1. The van der Waals surface area contributed by atoms with Gasteiger partial charge in [0.05, 0.1) is 10.4 Å². The van der Waals surface area contributed by atoms with Crippen LogP contribution in [0.1, 0.15) is 18.4 Å². The molecule has 1 spiro atoms. The molecule has 1 aliphatic heterocycles. The van der Waals surface area contributed by atoms with Crippen molar-refractivity contribution in [3.63, 3.8) is 0 Å². The van der Waals surface area contributed by atoms with Crippen LogP contribution in [0.3, 0.4) is 0 Å². The summed E-state index contributed by atoms with van der Waals surface area (Å²) in [6.07, 6.45) is 0.816. The minimum Gasteiger partial charge on any atom is -0.465 e. The first-order chi connectivity index (χ1) is 14.8. The Morgan fingerprint density at radius 2 is 1.97 bits per heavy atom. The van der Waals surface area contributed by atoms with Gasteiger partial charge in [-0.2, -0.15) is 0 Å². The van der Waals surface area contributed by atoms with Crippen molar-refractivity contribution < 1.29 is 22.7 Å². The molecule has 3 N–H and O–H groups in total. The Morgan fingerprint density at radius 1 is 1.23 bits per heavy atom. The van der Waals surface area contributed by atoms with Crippen LogP contribution in [0, 0.1) is 5.41 Å². The number of sulfonamides is 1. The van der Waals surface area contributed by atoms with Crippen LogP contribution in [0.5, 0.6) is 0 Å². The van der Waals surface area contributed by atoms with E-state index in [4.69, 9.17) is 4.42 Å². The molecular weight excluding hydrogens is 422 g/mol. The van der Waals surface area contributed by atoms with E-state index in [2.05, 4.69) is 9.71 Å². The third-order valence-corrected chi connectivity index (χ3v) is 7.93. The molecule has 3 aromatic rings. The van der Waals surface area contributed by atoms with Crippen LogP contribution in [0.25, 0.3) is 11.1 Å². The number of carboxylic acid groups (broad SMARTS) is 1. The van der Waals surface area contributed by atoms with Gasteiger partial charge in [-0.1, -0.05) is 30.3 Å². The summed E-state index contributed by atoms with van der Waals surface area (Å²) in [5.74, 6) is -0.643. The second-order valence-electron chi connectivity index (χ2n) is 8.38. The highest BCUT2D eigenvalue weighted by Crippen LogP contribution is 2.54. The van der Waals surface area contributed by atoms with Crippen LogP contribution in [-0.2, 0) is 16.4 Å². The van der Waals surface area contributed by atoms with Crippen molar-refractivity contribution in [2.75, 3.05) is 6.54 Å². The Labute approximate surface area is 177 Å². The lowest BCUT2D eigenvalue weighted by Gasteiger charge is -2.64. The first kappa shape index (κ1) is 19.8. The minimum absolute atomic E-state index is 0.0188. The minimum atomic E-state index is -3.80. The smallest absolute Gasteiger partial charge is 0.417 e. The summed E-state index contributed by atoms with van der Waals surface area (Å²) < 4.78 is 33.3. The average Bonchev–Trinajstić information content (AvgIpc) is 3.07. The predicted octanol–water partition coefficient (Wildman–Crippen LogP) is 2.15. The molecule has 9 nitrogen and oxygen atoms in total. The number of carbonyl (C=O) groups is 1. The summed E-state index contributed by atoms with van der Waals surface area (Å²) in [6.45, 7) is 0.415. The maximum atomic E-state index is 12.8. The monoisotopic (exact) mass is 443 g/mol. The average molecular weight is 443 g/mol. The summed E-state index contributed by atoms with van der Waals surface area (Å²) in [7, 11) is -3.80. The van der Waals surface area contributed by atoms with Crippen molar-refractivity contribution in [2.45, 2.75) is 36.2 Å². The van der Waals surface area contributed by atoms with Gasteiger partial charge in [0.1, 0.15) is 0 Å². The third kappa shape index (κ3) is 3.41. The molecule has 2 fully saturated rings. The zero-order chi connectivity index (χ0) is 21.8. The maximum absolute atomic E-state index is 12.8. The van der Waals surface area contributed by atoms with Gasteiger partial charge in [-0.15, -0.1) is 0 Å². The summed E-state index contributed by atoms with van der Waals surface area (Å²) >= 11 is 0. The van der Waals surface area contributed by atoms with Crippen LogP contribution < -0.4 is 10.5 Å². The van der Waals surface area contributed by atoms with Gasteiger partial charge in [0.15, 0.2) is 5.58 Å². The topological polar surface area (TPSA) is 133 Å². The molecule has 31 heavy (non-hydrogen) atoms. The summed E-state index contributed by atoms with van der Waals surface area (Å²) in [6, 6.07) is 13.5. The number of hydrogen-bond acceptors (Lipinski definition) is 5. The SMILES string of the molecule is O=C(O)N1CC2(CC(NS(=O)(=O)c3ccc4[nH]c(=O)oc4c3)C2)C1Cc1ccccc1. The van der Waals surface area contributed by atoms with Gasteiger partial charge in [-0.25, -0.2) is 22.7 Å². The molecule has 5 rings (SSSR count). The van der Waals surface area contributed by atoms with Gasteiger partial charge in [0, 0.05) is 30.1 Å². The van der Waals surface area contributed by atoms with Crippen LogP contribution in [-0.4, -0.2) is 48.1 Å². The maximum Gasteiger partial charge on any atom is 0.417 e. The molecule has 2 aromatic carbocycles. The highest BCUT2D eigenvalue weighted by Gasteiger charge is 2.61. The standard InChI is InChI=1S/C21H21N3O6S/c25-19-22-16-7-6-15(9-17(16)30-19)31(28,29)23-14-10-21(11-14)12-24(20(26)27)18(21)8-13-4-2-1-3-5-13/h1-7,9,14,18,23H,8,10-12H2,(H,22,25)(H,26,27). The van der Waals surface area contributed by atoms with E-state index in [-0.39, 0.29) is 28.0 Å². The number of H-pyrrole nitrogens is 1. The number of likely N-dealkylation sites (tertiary alicyclic amines) is 1. The van der Waals surface area contributed by atoms with Crippen LogP contribution in [0.15, 0.2) is 62.6 Å². The Morgan fingerprint density at radius 3 is 2.68 bits per heavy atom. The molecule has 1 saturated carbocycles. The second kappa shape index (κ2) is 6.96. The molecule has 0 radical (unpaired) electrons. The van der Waals surface area contributed by atoms with Gasteiger partial charge >= 0.3 is 11.8 Å². The zero-order valence-electron chi connectivity index (χ0n) is 16.4. The highest BCUT2D eigenvalue weighted by atomic mass is 32.2. The fraction of sp³-hybridized carbons (Fsp3) is 0.333. The molecule has 1 aromatic heterocycles. The Bertz CT molecular complexity index is 1310. The molecule has 1 aliphatic carbocycles. The molecule has 1 saturated heterocycles. The van der Waals surface area contributed by atoms with Crippen LogP contribution >= 0.6 is 0 Å². The molecular formula is C21H21N3O6S. The molecule has 2 aliphatic rings. The van der Waals surface area contributed by atoms with Gasteiger partial charge in [0.25, 0.3) is 0 Å². The fourth-order valence-corrected chi connectivity index (χ4v) is 6.18. The second-order valence-corrected chi connectivity index (χ2v) is 10.1. The number of fused-ring (bicyclic) bond motifs is 1. The van der Waals surface area contributed by atoms with Crippen LogP contribution in [0.2, 0.25) is 0 Å². The zero-order valence-corrected chi connectivity index (χ0v) is 17.3. The molecule has 1 amide bonds.